The largest absolute Gasteiger partial charge is 0.322 e. The second-order valence-corrected chi connectivity index (χ2v) is 8.06. The van der Waals surface area contributed by atoms with E-state index in [1.54, 1.807) is 18.7 Å². The van der Waals surface area contributed by atoms with Gasteiger partial charge in [0.2, 0.25) is 5.91 Å². The molecule has 0 aliphatic heterocycles. The Labute approximate surface area is 191 Å². The van der Waals surface area contributed by atoms with Crippen LogP contribution in [0.3, 0.4) is 0 Å². The van der Waals surface area contributed by atoms with Crippen LogP contribution in [0.4, 0.5) is 17.2 Å². The summed E-state index contributed by atoms with van der Waals surface area (Å²) in [5, 5.41) is 6.74. The lowest BCUT2D eigenvalue weighted by atomic mass is 10.2. The molecule has 0 spiro atoms. The third-order valence-electron chi connectivity index (χ3n) is 5.44. The van der Waals surface area contributed by atoms with Crippen LogP contribution in [0.1, 0.15) is 24.6 Å². The zero-order valence-electron chi connectivity index (χ0n) is 18.5. The number of nitrogens with one attached hydrogen (secondary N) is 1. The van der Waals surface area contributed by atoms with Crippen molar-refractivity contribution in [3.05, 3.63) is 73.6 Å². The highest BCUT2D eigenvalue weighted by Crippen LogP contribution is 2.43. The Morgan fingerprint density at radius 1 is 1.21 bits per heavy atom. The zero-order valence-corrected chi connectivity index (χ0v) is 18.5. The predicted molar refractivity (Wildman–Crippen MR) is 128 cm³/mol. The van der Waals surface area contributed by atoms with Gasteiger partial charge in [-0.2, -0.15) is 0 Å². The van der Waals surface area contributed by atoms with Crippen LogP contribution >= 0.6 is 0 Å². The van der Waals surface area contributed by atoms with Gasteiger partial charge in [0.25, 0.3) is 0 Å². The van der Waals surface area contributed by atoms with E-state index in [0.29, 0.717) is 28.6 Å². The first-order valence-corrected chi connectivity index (χ1v) is 10.7. The van der Waals surface area contributed by atoms with Crippen LogP contribution < -0.4 is 10.3 Å². The normalized spacial score (nSPS) is 13.3. The highest BCUT2D eigenvalue weighted by atomic mass is 16.1. The molecule has 1 saturated carbocycles. The predicted octanol–water partition coefficient (Wildman–Crippen LogP) is 3.83. The van der Waals surface area contributed by atoms with E-state index in [0.717, 1.165) is 30.0 Å². The SMILES string of the molecule is C=CC(=O)Nc1cccc(-n2c(C3CC3)nc3c(N(c4cccnc4)N(C)C)ncnc32)c1. The molecule has 33 heavy (non-hydrogen) atoms. The van der Waals surface area contributed by atoms with Gasteiger partial charge in [-0.1, -0.05) is 12.6 Å². The lowest BCUT2D eigenvalue weighted by molar-refractivity contribution is -0.111. The Balaban J connectivity index is 1.69. The fourth-order valence-corrected chi connectivity index (χ4v) is 3.86. The Bertz CT molecular complexity index is 1330. The molecule has 1 aliphatic rings. The molecular weight excluding hydrogens is 416 g/mol. The van der Waals surface area contributed by atoms with Gasteiger partial charge in [-0.05, 0) is 49.2 Å². The molecule has 1 amide bonds. The summed E-state index contributed by atoms with van der Waals surface area (Å²) < 4.78 is 2.07. The van der Waals surface area contributed by atoms with Gasteiger partial charge in [-0.3, -0.25) is 19.4 Å². The van der Waals surface area contributed by atoms with Crippen molar-refractivity contribution in [2.75, 3.05) is 24.4 Å². The van der Waals surface area contributed by atoms with E-state index in [9.17, 15) is 4.79 Å². The Kier molecular flexibility index (Phi) is 5.31. The average Bonchev–Trinajstić information content (AvgIpc) is 3.59. The molecule has 0 unspecified atom stereocenters. The second-order valence-electron chi connectivity index (χ2n) is 8.06. The number of hydrogen-bond acceptors (Lipinski definition) is 7. The van der Waals surface area contributed by atoms with E-state index in [4.69, 9.17) is 4.98 Å². The van der Waals surface area contributed by atoms with Crippen molar-refractivity contribution in [3.8, 4) is 5.69 Å². The van der Waals surface area contributed by atoms with Crippen LogP contribution in [-0.4, -0.2) is 49.5 Å². The Morgan fingerprint density at radius 2 is 2.06 bits per heavy atom. The summed E-state index contributed by atoms with van der Waals surface area (Å²) in [6, 6.07) is 11.5. The first-order valence-electron chi connectivity index (χ1n) is 10.7. The molecule has 0 bridgehead atoms. The number of imidazole rings is 1. The molecule has 166 valence electrons. The van der Waals surface area contributed by atoms with E-state index < -0.39 is 0 Å². The first kappa shape index (κ1) is 20.8. The fourth-order valence-electron chi connectivity index (χ4n) is 3.86. The molecule has 3 aromatic heterocycles. The maximum Gasteiger partial charge on any atom is 0.247 e. The van der Waals surface area contributed by atoms with Crippen molar-refractivity contribution in [1.29, 1.82) is 0 Å². The summed E-state index contributed by atoms with van der Waals surface area (Å²) in [4.78, 5) is 30.3. The molecule has 4 aromatic rings. The monoisotopic (exact) mass is 440 g/mol. The number of hydrazine groups is 1. The summed E-state index contributed by atoms with van der Waals surface area (Å²) in [7, 11) is 3.90. The topological polar surface area (TPSA) is 92.1 Å². The number of pyridine rings is 1. The molecule has 1 aromatic carbocycles. The van der Waals surface area contributed by atoms with Gasteiger partial charge in [0.05, 0.1) is 17.6 Å². The smallest absolute Gasteiger partial charge is 0.247 e. The minimum Gasteiger partial charge on any atom is -0.322 e. The van der Waals surface area contributed by atoms with Crippen LogP contribution in [0, 0.1) is 0 Å². The second kappa shape index (κ2) is 8.44. The fraction of sp³-hybridized carbons (Fsp3) is 0.208. The summed E-state index contributed by atoms with van der Waals surface area (Å²) in [6.07, 6.45) is 8.51. The van der Waals surface area contributed by atoms with Gasteiger partial charge in [-0.25, -0.2) is 20.0 Å². The molecule has 1 aliphatic carbocycles. The average molecular weight is 441 g/mol. The minimum atomic E-state index is -0.257. The maximum absolute atomic E-state index is 11.8. The highest BCUT2D eigenvalue weighted by molar-refractivity contribution is 5.99. The molecule has 1 fully saturated rings. The number of nitrogens with zero attached hydrogens (tertiary/aromatic N) is 7. The number of amides is 1. The number of benzene rings is 1. The number of carbonyl (C=O) groups is 1. The van der Waals surface area contributed by atoms with Crippen molar-refractivity contribution in [2.24, 2.45) is 0 Å². The summed E-state index contributed by atoms with van der Waals surface area (Å²) in [5.74, 6) is 1.73. The van der Waals surface area contributed by atoms with Gasteiger partial charge in [0, 0.05) is 31.9 Å². The third-order valence-corrected chi connectivity index (χ3v) is 5.44. The number of carbonyl (C=O) groups excluding carboxylic acids is 1. The van der Waals surface area contributed by atoms with Crippen molar-refractivity contribution >= 4 is 34.3 Å². The Morgan fingerprint density at radius 3 is 2.76 bits per heavy atom. The van der Waals surface area contributed by atoms with Gasteiger partial charge in [0.15, 0.2) is 17.0 Å². The summed E-state index contributed by atoms with van der Waals surface area (Å²) in [5.41, 5.74) is 3.85. The van der Waals surface area contributed by atoms with Crippen LogP contribution in [0.5, 0.6) is 0 Å². The molecule has 0 atom stereocenters. The number of fused-ring (bicyclic) bond motifs is 1. The Hall–Kier alpha value is -4.11. The molecule has 0 saturated heterocycles. The first-order chi connectivity index (χ1) is 16.1. The van der Waals surface area contributed by atoms with Crippen LogP contribution in [-0.2, 0) is 4.79 Å². The quantitative estimate of drug-likeness (QED) is 0.345. The summed E-state index contributed by atoms with van der Waals surface area (Å²) in [6.45, 7) is 3.52. The van der Waals surface area contributed by atoms with Gasteiger partial charge >= 0.3 is 0 Å². The van der Waals surface area contributed by atoms with E-state index in [2.05, 4.69) is 31.4 Å². The van der Waals surface area contributed by atoms with E-state index >= 15 is 0 Å². The molecular formula is C24H24N8O. The third kappa shape index (κ3) is 3.94. The van der Waals surface area contributed by atoms with Crippen molar-refractivity contribution in [3.63, 3.8) is 0 Å². The zero-order chi connectivity index (χ0) is 22.9. The molecule has 9 nitrogen and oxygen atoms in total. The van der Waals surface area contributed by atoms with Crippen molar-refractivity contribution in [2.45, 2.75) is 18.8 Å². The number of rotatable bonds is 7. The maximum atomic E-state index is 11.8. The summed E-state index contributed by atoms with van der Waals surface area (Å²) >= 11 is 0. The van der Waals surface area contributed by atoms with E-state index in [1.165, 1.54) is 6.08 Å². The standard InChI is InChI=1S/C24H24N8O/c1-4-20(33)28-17-7-5-8-18(13-17)31-22(16-10-11-16)29-21-23(31)26-15-27-24(21)32(30(2)3)19-9-6-12-25-14-19/h4-9,12-16H,1,10-11H2,2-3H3,(H,28,33). The lowest BCUT2D eigenvalue weighted by Crippen LogP contribution is -2.33. The number of aromatic nitrogens is 5. The molecule has 3 heterocycles. The molecule has 5 rings (SSSR count). The van der Waals surface area contributed by atoms with Crippen LogP contribution in [0.15, 0.2) is 67.8 Å². The van der Waals surface area contributed by atoms with Crippen LogP contribution in [0.2, 0.25) is 0 Å². The van der Waals surface area contributed by atoms with Gasteiger partial charge < -0.3 is 5.32 Å². The van der Waals surface area contributed by atoms with Crippen molar-refractivity contribution < 1.29 is 4.79 Å². The number of anilines is 3. The van der Waals surface area contributed by atoms with Crippen molar-refractivity contribution in [1.82, 2.24) is 29.5 Å². The molecule has 1 N–H and O–H groups in total. The number of hydrogen-bond donors (Lipinski definition) is 1. The molecule has 9 heteroatoms. The lowest BCUT2D eigenvalue weighted by Gasteiger charge is -2.29. The van der Waals surface area contributed by atoms with Gasteiger partial charge in [-0.15, -0.1) is 0 Å². The molecule has 0 radical (unpaired) electrons. The van der Waals surface area contributed by atoms with E-state index in [-0.39, 0.29) is 5.91 Å². The van der Waals surface area contributed by atoms with Gasteiger partial charge in [0.1, 0.15) is 12.2 Å². The van der Waals surface area contributed by atoms with E-state index in [1.807, 2.05) is 60.5 Å². The minimum absolute atomic E-state index is 0.257. The van der Waals surface area contributed by atoms with Crippen LogP contribution in [0.25, 0.3) is 16.9 Å². The highest BCUT2D eigenvalue weighted by Gasteiger charge is 2.32.